The first kappa shape index (κ1) is 14.7. The van der Waals surface area contributed by atoms with Crippen LogP contribution in [0, 0.1) is 0 Å². The fourth-order valence-electron chi connectivity index (χ4n) is 1.72. The summed E-state index contributed by atoms with van der Waals surface area (Å²) in [7, 11) is 1.97. The van der Waals surface area contributed by atoms with Crippen molar-refractivity contribution < 1.29 is 0 Å². The van der Waals surface area contributed by atoms with Crippen molar-refractivity contribution in [3.63, 3.8) is 0 Å². The van der Waals surface area contributed by atoms with Gasteiger partial charge in [-0.1, -0.05) is 20.3 Å². The summed E-state index contributed by atoms with van der Waals surface area (Å²) in [6.07, 6.45) is 3.23. The van der Waals surface area contributed by atoms with Crippen molar-refractivity contribution in [2.75, 3.05) is 25.0 Å². The molecule has 1 heterocycles. The number of H-pyrrole nitrogens is 1. The van der Waals surface area contributed by atoms with E-state index in [9.17, 15) is 4.79 Å². The van der Waals surface area contributed by atoms with Crippen molar-refractivity contribution in [3.8, 4) is 0 Å². The van der Waals surface area contributed by atoms with Crippen molar-refractivity contribution in [3.05, 3.63) is 22.2 Å². The Morgan fingerprint density at radius 1 is 1.39 bits per heavy atom. The fourth-order valence-corrected chi connectivity index (χ4v) is 1.72. The van der Waals surface area contributed by atoms with E-state index in [4.69, 9.17) is 5.73 Å². The molecule has 102 valence electrons. The molecule has 5 nitrogen and oxygen atoms in total. The van der Waals surface area contributed by atoms with E-state index in [0.717, 1.165) is 44.0 Å². The maximum Gasteiger partial charge on any atom is 0.252 e. The van der Waals surface area contributed by atoms with E-state index in [2.05, 4.69) is 9.97 Å². The molecule has 0 aliphatic heterocycles. The van der Waals surface area contributed by atoms with Gasteiger partial charge in [-0.05, 0) is 19.4 Å². The summed E-state index contributed by atoms with van der Waals surface area (Å²) in [6.45, 7) is 5.67. The first-order valence-electron chi connectivity index (χ1n) is 6.57. The molecule has 0 amide bonds. The Labute approximate surface area is 108 Å². The summed E-state index contributed by atoms with van der Waals surface area (Å²) in [4.78, 5) is 20.8. The number of nitrogens with one attached hydrogen (secondary N) is 1. The molecule has 0 aliphatic carbocycles. The molecule has 0 spiro atoms. The number of nitrogens with two attached hydrogens (primary N) is 1. The number of nitrogens with zero attached hydrogens (tertiary/aromatic N) is 2. The number of rotatable bonds is 7. The van der Waals surface area contributed by atoms with Crippen LogP contribution in [-0.4, -0.2) is 30.1 Å². The Kier molecular flexibility index (Phi) is 5.85. The summed E-state index contributed by atoms with van der Waals surface area (Å²) in [6, 6.07) is 1.55. The van der Waals surface area contributed by atoms with Crippen molar-refractivity contribution >= 4 is 5.82 Å². The molecule has 18 heavy (non-hydrogen) atoms. The smallest absolute Gasteiger partial charge is 0.252 e. The molecular formula is C13H24N4O. The predicted octanol–water partition coefficient (Wildman–Crippen LogP) is 1.46. The largest absolute Gasteiger partial charge is 0.359 e. The molecule has 0 saturated carbocycles. The van der Waals surface area contributed by atoms with Crippen molar-refractivity contribution in [1.82, 2.24) is 9.97 Å². The van der Waals surface area contributed by atoms with E-state index >= 15 is 0 Å². The van der Waals surface area contributed by atoms with E-state index in [1.54, 1.807) is 6.07 Å². The molecule has 0 radical (unpaired) electrons. The number of anilines is 1. The molecule has 0 bridgehead atoms. The second-order valence-corrected chi connectivity index (χ2v) is 4.91. The predicted molar refractivity (Wildman–Crippen MR) is 75.1 cm³/mol. The molecule has 0 aliphatic rings. The molecule has 0 atom stereocenters. The summed E-state index contributed by atoms with van der Waals surface area (Å²) in [5, 5.41) is 0. The van der Waals surface area contributed by atoms with Gasteiger partial charge in [0.1, 0.15) is 11.6 Å². The van der Waals surface area contributed by atoms with E-state index in [1.807, 2.05) is 25.8 Å². The molecule has 1 aromatic heterocycles. The maximum atomic E-state index is 11.6. The average Bonchev–Trinajstić information content (AvgIpc) is 2.33. The van der Waals surface area contributed by atoms with Crippen LogP contribution in [0.5, 0.6) is 0 Å². The molecule has 1 rings (SSSR count). The molecule has 3 N–H and O–H groups in total. The number of aromatic nitrogens is 2. The van der Waals surface area contributed by atoms with Crippen molar-refractivity contribution in [2.24, 2.45) is 5.73 Å². The van der Waals surface area contributed by atoms with E-state index in [-0.39, 0.29) is 11.5 Å². The Balaban J connectivity index is 2.67. The molecule has 0 fully saturated rings. The van der Waals surface area contributed by atoms with Gasteiger partial charge < -0.3 is 15.6 Å². The Bertz CT molecular complexity index is 414. The number of hydrogen-bond acceptors (Lipinski definition) is 4. The standard InChI is InChI=1S/C13H24N4O/c1-10(2)13-15-11(9-12(18)16-13)17(3)8-6-4-5-7-14/h9-10H,4-8,14H2,1-3H3,(H,15,16,18). The van der Waals surface area contributed by atoms with Gasteiger partial charge in [0.2, 0.25) is 0 Å². The van der Waals surface area contributed by atoms with Crippen LogP contribution in [0.15, 0.2) is 10.9 Å². The average molecular weight is 252 g/mol. The maximum absolute atomic E-state index is 11.6. The van der Waals surface area contributed by atoms with Gasteiger partial charge in [0, 0.05) is 25.6 Å². The number of unbranched alkanes of at least 4 members (excludes halogenated alkanes) is 2. The van der Waals surface area contributed by atoms with Crippen LogP contribution in [-0.2, 0) is 0 Å². The molecule has 0 saturated heterocycles. The SMILES string of the molecule is CC(C)c1nc(N(C)CCCCCN)cc(=O)[nH]1. The van der Waals surface area contributed by atoms with Crippen LogP contribution in [0.3, 0.4) is 0 Å². The zero-order chi connectivity index (χ0) is 13.5. The Morgan fingerprint density at radius 3 is 2.72 bits per heavy atom. The summed E-state index contributed by atoms with van der Waals surface area (Å²) in [5.74, 6) is 1.71. The van der Waals surface area contributed by atoms with Gasteiger partial charge in [0.05, 0.1) is 0 Å². The van der Waals surface area contributed by atoms with E-state index < -0.39 is 0 Å². The quantitative estimate of drug-likeness (QED) is 0.720. The highest BCUT2D eigenvalue weighted by Crippen LogP contribution is 2.12. The van der Waals surface area contributed by atoms with Crippen LogP contribution < -0.4 is 16.2 Å². The highest BCUT2D eigenvalue weighted by Gasteiger charge is 2.08. The van der Waals surface area contributed by atoms with Crippen molar-refractivity contribution in [1.29, 1.82) is 0 Å². The first-order valence-corrected chi connectivity index (χ1v) is 6.57. The van der Waals surface area contributed by atoms with Crippen LogP contribution in [0.25, 0.3) is 0 Å². The summed E-state index contributed by atoms with van der Waals surface area (Å²) >= 11 is 0. The second-order valence-electron chi connectivity index (χ2n) is 4.91. The van der Waals surface area contributed by atoms with Gasteiger partial charge in [0.25, 0.3) is 5.56 Å². The lowest BCUT2D eigenvalue weighted by Crippen LogP contribution is -2.23. The van der Waals surface area contributed by atoms with Crippen LogP contribution in [0.1, 0.15) is 44.9 Å². The number of aromatic amines is 1. The van der Waals surface area contributed by atoms with Crippen LogP contribution in [0.2, 0.25) is 0 Å². The summed E-state index contributed by atoms with van der Waals surface area (Å²) in [5.41, 5.74) is 5.37. The fraction of sp³-hybridized carbons (Fsp3) is 0.692. The highest BCUT2D eigenvalue weighted by molar-refractivity contribution is 5.36. The van der Waals surface area contributed by atoms with E-state index in [0.29, 0.717) is 0 Å². The third-order valence-corrected chi connectivity index (χ3v) is 2.88. The summed E-state index contributed by atoms with van der Waals surface area (Å²) < 4.78 is 0. The normalized spacial score (nSPS) is 10.9. The zero-order valence-electron chi connectivity index (χ0n) is 11.6. The topological polar surface area (TPSA) is 75.0 Å². The second kappa shape index (κ2) is 7.16. The Hall–Kier alpha value is -1.36. The van der Waals surface area contributed by atoms with Crippen molar-refractivity contribution in [2.45, 2.75) is 39.0 Å². The first-order chi connectivity index (χ1) is 8.54. The lowest BCUT2D eigenvalue weighted by molar-refractivity contribution is 0.672. The van der Waals surface area contributed by atoms with Gasteiger partial charge in [-0.3, -0.25) is 4.79 Å². The molecule has 1 aromatic rings. The minimum absolute atomic E-state index is 0.0856. The third kappa shape index (κ3) is 4.49. The van der Waals surface area contributed by atoms with Gasteiger partial charge in [-0.25, -0.2) is 4.98 Å². The zero-order valence-corrected chi connectivity index (χ0v) is 11.6. The minimum atomic E-state index is -0.0856. The lowest BCUT2D eigenvalue weighted by atomic mass is 10.2. The molecule has 5 heteroatoms. The van der Waals surface area contributed by atoms with E-state index in [1.165, 1.54) is 0 Å². The monoisotopic (exact) mass is 252 g/mol. The minimum Gasteiger partial charge on any atom is -0.359 e. The molecule has 0 aromatic carbocycles. The van der Waals surface area contributed by atoms with Gasteiger partial charge in [-0.2, -0.15) is 0 Å². The van der Waals surface area contributed by atoms with Gasteiger partial charge in [-0.15, -0.1) is 0 Å². The lowest BCUT2D eigenvalue weighted by Gasteiger charge is -2.18. The highest BCUT2D eigenvalue weighted by atomic mass is 16.1. The van der Waals surface area contributed by atoms with Crippen LogP contribution >= 0.6 is 0 Å². The van der Waals surface area contributed by atoms with Crippen LogP contribution in [0.4, 0.5) is 5.82 Å². The molecule has 0 unspecified atom stereocenters. The van der Waals surface area contributed by atoms with Gasteiger partial charge in [0.15, 0.2) is 0 Å². The number of hydrogen-bond donors (Lipinski definition) is 2. The Morgan fingerprint density at radius 2 is 2.11 bits per heavy atom. The van der Waals surface area contributed by atoms with Gasteiger partial charge >= 0.3 is 0 Å². The molecular weight excluding hydrogens is 228 g/mol. The third-order valence-electron chi connectivity index (χ3n) is 2.88.